The lowest BCUT2D eigenvalue weighted by Crippen LogP contribution is -2.30. The van der Waals surface area contributed by atoms with Crippen LogP contribution in [0.25, 0.3) is 6.08 Å². The van der Waals surface area contributed by atoms with E-state index in [1.165, 1.54) is 26.0 Å². The van der Waals surface area contributed by atoms with Crippen LogP contribution in [-0.2, 0) is 9.59 Å². The van der Waals surface area contributed by atoms with Crippen LogP contribution in [0.1, 0.15) is 22.8 Å². The summed E-state index contributed by atoms with van der Waals surface area (Å²) < 4.78 is 16.1. The van der Waals surface area contributed by atoms with E-state index in [-0.39, 0.29) is 11.6 Å². The zero-order valence-electron chi connectivity index (χ0n) is 24.8. The molecule has 0 bridgehead atoms. The number of amides is 3. The number of hydrogen-bond acceptors (Lipinski definition) is 7. The molecule has 0 aliphatic heterocycles. The molecule has 10 heteroatoms. The summed E-state index contributed by atoms with van der Waals surface area (Å²) in [5, 5.41) is 8.00. The van der Waals surface area contributed by atoms with Gasteiger partial charge >= 0.3 is 0 Å². The lowest BCUT2D eigenvalue weighted by molar-refractivity contribution is -0.115. The Morgan fingerprint density at radius 3 is 2.20 bits per heavy atom. The average molecular weight is 612 g/mol. The van der Waals surface area contributed by atoms with Crippen molar-refractivity contribution >= 4 is 46.9 Å². The van der Waals surface area contributed by atoms with Gasteiger partial charge in [-0.3, -0.25) is 14.4 Å². The van der Waals surface area contributed by atoms with Gasteiger partial charge in [0.1, 0.15) is 22.9 Å². The van der Waals surface area contributed by atoms with Crippen LogP contribution in [0.15, 0.2) is 108 Å². The Kier molecular flexibility index (Phi) is 11.0. The van der Waals surface area contributed by atoms with Gasteiger partial charge in [-0.2, -0.15) is 0 Å². The van der Waals surface area contributed by atoms with Crippen molar-refractivity contribution in [2.24, 2.45) is 0 Å². The van der Waals surface area contributed by atoms with E-state index in [1.54, 1.807) is 99.0 Å². The number of ether oxygens (including phenoxy) is 3. The summed E-state index contributed by atoms with van der Waals surface area (Å²) in [5.41, 5.74) is 2.04. The molecule has 0 aliphatic carbocycles. The van der Waals surface area contributed by atoms with Gasteiger partial charge in [0.05, 0.1) is 32.3 Å². The van der Waals surface area contributed by atoms with E-state index in [2.05, 4.69) is 16.0 Å². The van der Waals surface area contributed by atoms with Gasteiger partial charge < -0.3 is 30.2 Å². The first-order valence-electron chi connectivity index (χ1n) is 13.6. The summed E-state index contributed by atoms with van der Waals surface area (Å²) in [6.45, 7) is 1.78. The minimum Gasteiger partial charge on any atom is -0.497 e. The van der Waals surface area contributed by atoms with Crippen LogP contribution < -0.4 is 30.2 Å². The lowest BCUT2D eigenvalue weighted by Gasteiger charge is -2.16. The zero-order valence-corrected chi connectivity index (χ0v) is 25.6. The van der Waals surface area contributed by atoms with Crippen LogP contribution >= 0.6 is 11.8 Å². The first-order valence-corrected chi connectivity index (χ1v) is 14.5. The molecule has 44 heavy (non-hydrogen) atoms. The maximum atomic E-state index is 13.5. The fraction of sp³-hybridized carbons (Fsp3) is 0.147. The third kappa shape index (κ3) is 8.42. The predicted molar refractivity (Wildman–Crippen MR) is 173 cm³/mol. The number of thioether (sulfide) groups is 1. The van der Waals surface area contributed by atoms with E-state index in [0.717, 1.165) is 4.90 Å². The summed E-state index contributed by atoms with van der Waals surface area (Å²) in [7, 11) is 4.61. The van der Waals surface area contributed by atoms with E-state index in [0.29, 0.717) is 39.8 Å². The minimum atomic E-state index is -0.529. The molecule has 4 aromatic carbocycles. The van der Waals surface area contributed by atoms with E-state index < -0.39 is 17.1 Å². The smallest absolute Gasteiger partial charge is 0.272 e. The number of anilines is 2. The summed E-state index contributed by atoms with van der Waals surface area (Å²) in [5.74, 6) is 0.448. The van der Waals surface area contributed by atoms with Gasteiger partial charge in [0.2, 0.25) is 5.91 Å². The normalized spacial score (nSPS) is 11.6. The lowest BCUT2D eigenvalue weighted by atomic mass is 10.1. The summed E-state index contributed by atoms with van der Waals surface area (Å²) in [6, 6.07) is 28.1. The molecule has 0 spiro atoms. The van der Waals surface area contributed by atoms with Crippen molar-refractivity contribution in [3.8, 4) is 17.2 Å². The molecule has 4 aromatic rings. The molecule has 3 N–H and O–H groups in total. The van der Waals surface area contributed by atoms with Crippen LogP contribution in [0.2, 0.25) is 0 Å². The van der Waals surface area contributed by atoms with Gasteiger partial charge in [-0.25, -0.2) is 0 Å². The number of carbonyl (C=O) groups is 3. The standard InChI is InChI=1S/C34H33N3O6S/c1-22(32(38)36-28-21-26(41-2)17-18-31(28)43-4)44-27-15-10-14-25(20-27)35-34(40)29(19-24-13-8-9-16-30(24)42-3)37-33(39)23-11-6-5-7-12-23/h5-22H,1-4H3,(H,35,40)(H,36,38)(H,37,39)/b29-19+. The van der Waals surface area contributed by atoms with Crippen molar-refractivity contribution < 1.29 is 28.6 Å². The number of carbonyl (C=O) groups excluding carboxylic acids is 3. The highest BCUT2D eigenvalue weighted by Gasteiger charge is 2.19. The van der Waals surface area contributed by atoms with Crippen molar-refractivity contribution in [3.63, 3.8) is 0 Å². The second-order valence-corrected chi connectivity index (χ2v) is 10.8. The number of methoxy groups -OCH3 is 3. The van der Waals surface area contributed by atoms with Gasteiger partial charge in [0.15, 0.2) is 0 Å². The van der Waals surface area contributed by atoms with Crippen LogP contribution in [0.5, 0.6) is 17.2 Å². The molecule has 0 radical (unpaired) electrons. The molecule has 4 rings (SSSR count). The molecule has 0 aliphatic rings. The van der Waals surface area contributed by atoms with Crippen molar-refractivity contribution in [3.05, 3.63) is 114 Å². The highest BCUT2D eigenvalue weighted by molar-refractivity contribution is 8.00. The number of benzene rings is 4. The van der Waals surface area contributed by atoms with Crippen LogP contribution in [0.4, 0.5) is 11.4 Å². The third-order valence-electron chi connectivity index (χ3n) is 6.41. The Morgan fingerprint density at radius 1 is 0.750 bits per heavy atom. The second-order valence-electron chi connectivity index (χ2n) is 9.42. The zero-order chi connectivity index (χ0) is 31.5. The van der Waals surface area contributed by atoms with Gasteiger partial charge in [0, 0.05) is 27.8 Å². The summed E-state index contributed by atoms with van der Waals surface area (Å²) in [6.07, 6.45) is 1.56. The van der Waals surface area contributed by atoms with E-state index in [4.69, 9.17) is 14.2 Å². The Hall–Kier alpha value is -5.22. The Morgan fingerprint density at radius 2 is 1.48 bits per heavy atom. The molecule has 0 heterocycles. The quantitative estimate of drug-likeness (QED) is 0.128. The predicted octanol–water partition coefficient (Wildman–Crippen LogP) is 6.24. The highest BCUT2D eigenvalue weighted by atomic mass is 32.2. The van der Waals surface area contributed by atoms with Gasteiger partial charge in [-0.15, -0.1) is 11.8 Å². The summed E-state index contributed by atoms with van der Waals surface area (Å²) in [4.78, 5) is 40.3. The molecular weight excluding hydrogens is 578 g/mol. The topological polar surface area (TPSA) is 115 Å². The van der Waals surface area contributed by atoms with Crippen LogP contribution in [-0.4, -0.2) is 44.3 Å². The monoisotopic (exact) mass is 611 g/mol. The molecular formula is C34H33N3O6S. The SMILES string of the molecule is COc1ccc(OC)c(NC(=O)C(C)Sc2cccc(NC(=O)/C(=C\c3ccccc3OC)NC(=O)c3ccccc3)c2)c1. The fourth-order valence-corrected chi connectivity index (χ4v) is 5.06. The van der Waals surface area contributed by atoms with Gasteiger partial charge in [0.25, 0.3) is 11.8 Å². The van der Waals surface area contributed by atoms with Crippen molar-refractivity contribution in [1.82, 2.24) is 5.32 Å². The third-order valence-corrected chi connectivity index (χ3v) is 7.50. The molecule has 226 valence electrons. The molecule has 9 nitrogen and oxygen atoms in total. The summed E-state index contributed by atoms with van der Waals surface area (Å²) >= 11 is 1.32. The largest absolute Gasteiger partial charge is 0.497 e. The van der Waals surface area contributed by atoms with Gasteiger partial charge in [-0.05, 0) is 61.5 Å². The van der Waals surface area contributed by atoms with E-state index >= 15 is 0 Å². The molecule has 3 amide bonds. The van der Waals surface area contributed by atoms with Crippen LogP contribution in [0.3, 0.4) is 0 Å². The first-order chi connectivity index (χ1) is 21.3. The van der Waals surface area contributed by atoms with E-state index in [9.17, 15) is 14.4 Å². The maximum absolute atomic E-state index is 13.5. The molecule has 1 unspecified atom stereocenters. The van der Waals surface area contributed by atoms with Crippen molar-refractivity contribution in [1.29, 1.82) is 0 Å². The first kappa shape index (κ1) is 31.7. The fourth-order valence-electron chi connectivity index (χ4n) is 4.13. The molecule has 0 aromatic heterocycles. The Labute approximate surface area is 260 Å². The second kappa shape index (κ2) is 15.3. The molecule has 0 fully saturated rings. The number of nitrogens with one attached hydrogen (secondary N) is 3. The van der Waals surface area contributed by atoms with Gasteiger partial charge in [-0.1, -0.05) is 42.5 Å². The minimum absolute atomic E-state index is 0.0291. The van der Waals surface area contributed by atoms with Crippen LogP contribution in [0, 0.1) is 0 Å². The highest BCUT2D eigenvalue weighted by Crippen LogP contribution is 2.31. The Balaban J connectivity index is 1.50. The molecule has 1 atom stereocenters. The van der Waals surface area contributed by atoms with Crippen molar-refractivity contribution in [2.75, 3.05) is 32.0 Å². The Bertz CT molecular complexity index is 1660. The molecule has 0 saturated carbocycles. The van der Waals surface area contributed by atoms with Crippen molar-refractivity contribution in [2.45, 2.75) is 17.1 Å². The number of para-hydroxylation sites is 1. The van der Waals surface area contributed by atoms with E-state index in [1.807, 2.05) is 18.2 Å². The average Bonchev–Trinajstić information content (AvgIpc) is 3.05. The number of hydrogen-bond donors (Lipinski definition) is 3. The number of rotatable bonds is 12. The maximum Gasteiger partial charge on any atom is 0.272 e. The molecule has 0 saturated heterocycles.